The van der Waals surface area contributed by atoms with Crippen molar-refractivity contribution < 1.29 is 19.8 Å². The molecule has 6 heteroatoms. The van der Waals surface area contributed by atoms with Crippen molar-refractivity contribution in [3.05, 3.63) is 59.7 Å². The first-order valence-corrected chi connectivity index (χ1v) is 6.08. The highest BCUT2D eigenvalue weighted by Crippen LogP contribution is 2.34. The van der Waals surface area contributed by atoms with Gasteiger partial charge in [-0.25, -0.2) is 0 Å². The lowest BCUT2D eigenvalue weighted by atomic mass is 9.74. The molecule has 0 radical (unpaired) electrons. The van der Waals surface area contributed by atoms with Crippen molar-refractivity contribution in [3.63, 3.8) is 0 Å². The van der Waals surface area contributed by atoms with Gasteiger partial charge in [-0.2, -0.15) is 0 Å². The molecule has 0 amide bonds. The predicted octanol–water partition coefficient (Wildman–Crippen LogP) is 1.31. The van der Waals surface area contributed by atoms with Crippen LogP contribution in [0.1, 0.15) is 11.1 Å². The van der Waals surface area contributed by atoms with E-state index in [4.69, 9.17) is 11.5 Å². The van der Waals surface area contributed by atoms with Gasteiger partial charge < -0.3 is 21.7 Å². The molecule has 2 rings (SSSR count). The first-order valence-electron chi connectivity index (χ1n) is 6.08. The maximum atomic E-state index is 11.8. The van der Waals surface area contributed by atoms with Crippen LogP contribution in [0.5, 0.6) is 0 Å². The van der Waals surface area contributed by atoms with Crippen LogP contribution in [0.4, 0.5) is 11.4 Å². The first-order chi connectivity index (χ1) is 9.88. The number of anilines is 2. The Hall–Kier alpha value is -3.02. The van der Waals surface area contributed by atoms with Gasteiger partial charge in [0.2, 0.25) is 5.41 Å². The van der Waals surface area contributed by atoms with Crippen LogP contribution >= 0.6 is 0 Å². The molecule has 0 unspecified atom stereocenters. The molecule has 108 valence electrons. The second kappa shape index (κ2) is 5.16. The number of hydrogen-bond donors (Lipinski definition) is 4. The predicted molar refractivity (Wildman–Crippen MR) is 77.8 cm³/mol. The Kier molecular flexibility index (Phi) is 3.54. The maximum absolute atomic E-state index is 11.8. The average Bonchev–Trinajstić information content (AvgIpc) is 2.43. The minimum Gasteiger partial charge on any atom is -0.480 e. The molecular weight excluding hydrogens is 272 g/mol. The summed E-state index contributed by atoms with van der Waals surface area (Å²) in [6.45, 7) is 0. The van der Waals surface area contributed by atoms with Crippen molar-refractivity contribution >= 4 is 23.3 Å². The number of nitrogen functional groups attached to an aromatic ring is 2. The van der Waals surface area contributed by atoms with Crippen molar-refractivity contribution in [2.45, 2.75) is 5.41 Å². The molecule has 6 nitrogen and oxygen atoms in total. The highest BCUT2D eigenvalue weighted by molar-refractivity contribution is 6.08. The van der Waals surface area contributed by atoms with E-state index in [9.17, 15) is 19.8 Å². The Balaban J connectivity index is 2.75. The zero-order valence-corrected chi connectivity index (χ0v) is 11.0. The number of rotatable bonds is 4. The topological polar surface area (TPSA) is 127 Å². The van der Waals surface area contributed by atoms with E-state index < -0.39 is 17.4 Å². The molecule has 0 atom stereocenters. The van der Waals surface area contributed by atoms with E-state index in [1.54, 1.807) is 0 Å². The number of nitrogens with two attached hydrogens (primary N) is 2. The SMILES string of the molecule is Nc1ccc(C(C(=O)O)(C(=O)O)c2ccc(N)cc2)cc1. The smallest absolute Gasteiger partial charge is 0.330 e. The number of benzene rings is 2. The number of carboxylic acid groups (broad SMARTS) is 2. The van der Waals surface area contributed by atoms with Crippen LogP contribution in [-0.4, -0.2) is 22.2 Å². The monoisotopic (exact) mass is 286 g/mol. The summed E-state index contributed by atoms with van der Waals surface area (Å²) < 4.78 is 0. The third-order valence-electron chi connectivity index (χ3n) is 3.33. The lowest BCUT2D eigenvalue weighted by molar-refractivity contribution is -0.155. The molecule has 0 spiro atoms. The van der Waals surface area contributed by atoms with Crippen molar-refractivity contribution in [2.24, 2.45) is 0 Å². The number of carbonyl (C=O) groups is 2. The quantitative estimate of drug-likeness (QED) is 0.495. The van der Waals surface area contributed by atoms with E-state index in [1.807, 2.05) is 0 Å². The van der Waals surface area contributed by atoms with Gasteiger partial charge >= 0.3 is 11.9 Å². The first kappa shape index (κ1) is 14.4. The molecule has 2 aromatic rings. The van der Waals surface area contributed by atoms with Crippen LogP contribution in [-0.2, 0) is 15.0 Å². The molecule has 0 aliphatic carbocycles. The second-order valence-corrected chi connectivity index (χ2v) is 4.60. The van der Waals surface area contributed by atoms with E-state index in [0.717, 1.165) is 0 Å². The van der Waals surface area contributed by atoms with Crippen LogP contribution in [0.15, 0.2) is 48.5 Å². The van der Waals surface area contributed by atoms with Gasteiger partial charge in [0.05, 0.1) is 0 Å². The van der Waals surface area contributed by atoms with Crippen LogP contribution in [0.2, 0.25) is 0 Å². The minimum absolute atomic E-state index is 0.112. The van der Waals surface area contributed by atoms with Crippen LogP contribution in [0.25, 0.3) is 0 Å². The van der Waals surface area contributed by atoms with Crippen molar-refractivity contribution in [1.82, 2.24) is 0 Å². The van der Waals surface area contributed by atoms with E-state index in [-0.39, 0.29) is 11.1 Å². The highest BCUT2D eigenvalue weighted by Gasteiger charge is 2.50. The van der Waals surface area contributed by atoms with Gasteiger partial charge in [0.15, 0.2) is 0 Å². The zero-order chi connectivity index (χ0) is 15.6. The fraction of sp³-hybridized carbons (Fsp3) is 0.0667. The summed E-state index contributed by atoms with van der Waals surface area (Å²) in [7, 11) is 0. The Morgan fingerprint density at radius 3 is 1.24 bits per heavy atom. The lowest BCUT2D eigenvalue weighted by Crippen LogP contribution is -2.44. The maximum Gasteiger partial charge on any atom is 0.330 e. The number of aliphatic carboxylic acids is 2. The zero-order valence-electron chi connectivity index (χ0n) is 11.0. The minimum atomic E-state index is -2.21. The van der Waals surface area contributed by atoms with Crippen LogP contribution < -0.4 is 11.5 Å². The Morgan fingerprint density at radius 1 is 0.714 bits per heavy atom. The van der Waals surface area contributed by atoms with Crippen molar-refractivity contribution in [2.75, 3.05) is 11.5 Å². The molecule has 0 saturated carbocycles. The summed E-state index contributed by atoms with van der Waals surface area (Å²) in [6, 6.07) is 11.4. The summed E-state index contributed by atoms with van der Waals surface area (Å²) in [4.78, 5) is 23.6. The van der Waals surface area contributed by atoms with Gasteiger partial charge in [-0.1, -0.05) is 24.3 Å². The molecule has 0 bridgehead atoms. The third-order valence-corrected chi connectivity index (χ3v) is 3.33. The van der Waals surface area contributed by atoms with Gasteiger partial charge in [0.25, 0.3) is 0 Å². The molecule has 0 heterocycles. The molecule has 21 heavy (non-hydrogen) atoms. The van der Waals surface area contributed by atoms with Crippen molar-refractivity contribution in [1.29, 1.82) is 0 Å². The standard InChI is InChI=1S/C15H14N2O4/c16-11-5-1-9(2-6-11)15(13(18)19,14(20)21)10-3-7-12(17)8-4-10/h1-8H,16-17H2,(H,18,19)(H,20,21). The fourth-order valence-electron chi connectivity index (χ4n) is 2.22. The summed E-state index contributed by atoms with van der Waals surface area (Å²) >= 11 is 0. The summed E-state index contributed by atoms with van der Waals surface area (Å²) in [5.41, 5.74) is 9.99. The van der Waals surface area contributed by atoms with Gasteiger partial charge in [-0.05, 0) is 35.4 Å². The van der Waals surface area contributed by atoms with Gasteiger partial charge in [-0.3, -0.25) is 9.59 Å². The highest BCUT2D eigenvalue weighted by atomic mass is 16.4. The molecule has 2 aromatic carbocycles. The number of hydrogen-bond acceptors (Lipinski definition) is 4. The molecule has 0 aliphatic heterocycles. The Morgan fingerprint density at radius 2 is 1.00 bits per heavy atom. The van der Waals surface area contributed by atoms with Gasteiger partial charge in [0.1, 0.15) is 0 Å². The Bertz CT molecular complexity index is 616. The van der Waals surface area contributed by atoms with Crippen LogP contribution in [0, 0.1) is 0 Å². The molecule has 0 fully saturated rings. The van der Waals surface area contributed by atoms with Crippen molar-refractivity contribution in [3.8, 4) is 0 Å². The van der Waals surface area contributed by atoms with E-state index in [0.29, 0.717) is 11.4 Å². The average molecular weight is 286 g/mol. The van der Waals surface area contributed by atoms with E-state index >= 15 is 0 Å². The normalized spacial score (nSPS) is 11.0. The summed E-state index contributed by atoms with van der Waals surface area (Å²) in [5, 5.41) is 19.2. The number of carboxylic acids is 2. The summed E-state index contributed by atoms with van der Waals surface area (Å²) in [5.74, 6) is -2.96. The lowest BCUT2D eigenvalue weighted by Gasteiger charge is -2.26. The molecule has 0 saturated heterocycles. The van der Waals surface area contributed by atoms with Gasteiger partial charge in [-0.15, -0.1) is 0 Å². The summed E-state index contributed by atoms with van der Waals surface area (Å²) in [6.07, 6.45) is 0. The molecule has 0 aromatic heterocycles. The third kappa shape index (κ3) is 2.27. The fourth-order valence-corrected chi connectivity index (χ4v) is 2.22. The Labute approximate surface area is 120 Å². The van der Waals surface area contributed by atoms with Crippen LogP contribution in [0.3, 0.4) is 0 Å². The van der Waals surface area contributed by atoms with Gasteiger partial charge in [0, 0.05) is 11.4 Å². The molecule has 6 N–H and O–H groups in total. The van der Waals surface area contributed by atoms with E-state index in [1.165, 1.54) is 48.5 Å². The molecular formula is C15H14N2O4. The molecule has 0 aliphatic rings. The van der Waals surface area contributed by atoms with E-state index in [2.05, 4.69) is 0 Å². The largest absolute Gasteiger partial charge is 0.480 e. The second-order valence-electron chi connectivity index (χ2n) is 4.60.